The Hall–Kier alpha value is 0.993. The minimum absolute atomic E-state index is 0. The fourth-order valence-corrected chi connectivity index (χ4v) is 1.90. The number of ether oxygens (including phenoxy) is 2. The number of H-pyrrole nitrogens is 1. The van der Waals surface area contributed by atoms with Crippen LogP contribution in [0.4, 0.5) is 0 Å². The molecule has 0 aromatic carbocycles. The molecule has 1 saturated heterocycles. The van der Waals surface area contributed by atoms with E-state index in [0.717, 1.165) is 0 Å². The van der Waals surface area contributed by atoms with E-state index >= 15 is 0 Å². The van der Waals surface area contributed by atoms with Crippen LogP contribution in [0.5, 0.6) is 0 Å². The SMILES string of the molecule is CC.[Ac].[Ac].[CH2-]C1[CH-]C(OC(C)=O)C(n2cc(C)c(=O)[nH]c2=O)O1. The Balaban J connectivity index is 0. The van der Waals surface area contributed by atoms with Crippen LogP contribution in [0, 0.1) is 108 Å². The monoisotopic (exact) mass is 750 g/mol. The van der Waals surface area contributed by atoms with Gasteiger partial charge in [0.2, 0.25) is 0 Å². The average molecular weight is 750 g/mol. The number of rotatable bonds is 2. The van der Waals surface area contributed by atoms with Gasteiger partial charge in [-0.15, -0.1) is 0 Å². The van der Waals surface area contributed by atoms with Crippen LogP contribution >= 0.6 is 0 Å². The summed E-state index contributed by atoms with van der Waals surface area (Å²) in [6, 6.07) is 0. The molecule has 1 aromatic rings. The van der Waals surface area contributed by atoms with Crippen molar-refractivity contribution in [2.75, 3.05) is 0 Å². The van der Waals surface area contributed by atoms with E-state index in [0.29, 0.717) is 5.56 Å². The summed E-state index contributed by atoms with van der Waals surface area (Å²) in [5.74, 6) is -0.488. The van der Waals surface area contributed by atoms with Crippen molar-refractivity contribution in [2.24, 2.45) is 0 Å². The number of aryl methyl sites for hydroxylation is 1. The van der Waals surface area contributed by atoms with Crippen LogP contribution < -0.4 is 11.2 Å². The maximum atomic E-state index is 11.8. The largest absolute Gasteiger partial charge is 0.491 e. The smallest absolute Gasteiger partial charge is 0.330 e. The molecule has 0 aliphatic carbocycles. The molecular weight excluding hydrogens is 730 g/mol. The first-order valence-corrected chi connectivity index (χ1v) is 6.71. The van der Waals surface area contributed by atoms with Gasteiger partial charge in [-0.3, -0.25) is 25.6 Å². The van der Waals surface area contributed by atoms with E-state index < -0.39 is 35.7 Å². The summed E-state index contributed by atoms with van der Waals surface area (Å²) in [6.07, 6.45) is 0.901. The first-order valence-electron chi connectivity index (χ1n) is 6.71. The predicted molar refractivity (Wildman–Crippen MR) is 76.5 cm³/mol. The fourth-order valence-electron chi connectivity index (χ4n) is 1.90. The van der Waals surface area contributed by atoms with Crippen LogP contribution in [0.15, 0.2) is 15.8 Å². The van der Waals surface area contributed by atoms with Crippen LogP contribution in [0.2, 0.25) is 0 Å². The molecular formula is C14H20Ac2N2O5-2. The molecule has 2 rings (SSSR count). The van der Waals surface area contributed by atoms with Gasteiger partial charge in [0.05, 0.1) is 0 Å². The summed E-state index contributed by atoms with van der Waals surface area (Å²) >= 11 is 0. The molecule has 3 unspecified atom stereocenters. The first kappa shape index (κ1) is 26.2. The molecule has 0 spiro atoms. The number of hydrogen-bond donors (Lipinski definition) is 1. The molecule has 0 saturated carbocycles. The number of nitrogens with zero attached hydrogens (tertiary/aromatic N) is 1. The Morgan fingerprint density at radius 2 is 1.96 bits per heavy atom. The van der Waals surface area contributed by atoms with Gasteiger partial charge >= 0.3 is 5.69 Å². The second-order valence-corrected chi connectivity index (χ2v) is 4.31. The van der Waals surface area contributed by atoms with Gasteiger partial charge in [0, 0.05) is 113 Å². The number of carbonyl (C=O) groups is 1. The maximum absolute atomic E-state index is 11.8. The van der Waals surface area contributed by atoms with Crippen molar-refractivity contribution in [3.05, 3.63) is 45.9 Å². The Kier molecular flexibility index (Phi) is 14.1. The molecule has 1 N–H and O–H groups in total. The van der Waals surface area contributed by atoms with Crippen molar-refractivity contribution >= 4 is 5.97 Å². The van der Waals surface area contributed by atoms with Crippen molar-refractivity contribution in [3.63, 3.8) is 0 Å². The second kappa shape index (κ2) is 12.4. The summed E-state index contributed by atoms with van der Waals surface area (Å²) in [7, 11) is 0. The first-order chi connectivity index (χ1) is 9.88. The predicted octanol–water partition coefficient (Wildman–Crippen LogP) is 0.739. The van der Waals surface area contributed by atoms with Crippen LogP contribution in [-0.4, -0.2) is 27.7 Å². The van der Waals surface area contributed by atoms with Crippen LogP contribution in [0.3, 0.4) is 0 Å². The minimum atomic E-state index is -0.825. The van der Waals surface area contributed by atoms with Gasteiger partial charge in [0.25, 0.3) is 11.5 Å². The molecule has 2 radical (unpaired) electrons. The van der Waals surface area contributed by atoms with Crippen molar-refractivity contribution in [1.82, 2.24) is 9.55 Å². The van der Waals surface area contributed by atoms with E-state index in [-0.39, 0.29) is 88.1 Å². The summed E-state index contributed by atoms with van der Waals surface area (Å²) in [6.45, 7) is 10.5. The normalized spacial score (nSPS) is 22.0. The molecule has 7 nitrogen and oxygen atoms in total. The van der Waals surface area contributed by atoms with Crippen LogP contribution in [0.1, 0.15) is 32.6 Å². The van der Waals surface area contributed by atoms with E-state index in [1.807, 2.05) is 13.8 Å². The van der Waals surface area contributed by atoms with Crippen LogP contribution in [-0.2, 0) is 14.3 Å². The molecule has 1 aliphatic heterocycles. The quantitative estimate of drug-likeness (QED) is 0.356. The minimum Gasteiger partial charge on any atom is -0.491 e. The van der Waals surface area contributed by atoms with Gasteiger partial charge in [-0.1, -0.05) is 13.8 Å². The molecule has 2 heterocycles. The third kappa shape index (κ3) is 7.40. The van der Waals surface area contributed by atoms with Crippen molar-refractivity contribution < 1.29 is 102 Å². The number of aromatic amines is 1. The zero-order chi connectivity index (χ0) is 16.2. The fraction of sp³-hybridized carbons (Fsp3) is 0.500. The second-order valence-electron chi connectivity index (χ2n) is 4.31. The Bertz CT molecular complexity index is 614. The van der Waals surface area contributed by atoms with E-state index in [9.17, 15) is 14.4 Å². The number of esters is 1. The van der Waals surface area contributed by atoms with E-state index in [1.54, 1.807) is 13.3 Å². The zero-order valence-electron chi connectivity index (χ0n) is 13.7. The van der Waals surface area contributed by atoms with Crippen molar-refractivity contribution in [2.45, 2.75) is 46.1 Å². The molecule has 3 atom stereocenters. The van der Waals surface area contributed by atoms with Gasteiger partial charge in [0.15, 0.2) is 0 Å². The summed E-state index contributed by atoms with van der Waals surface area (Å²) in [4.78, 5) is 36.3. The van der Waals surface area contributed by atoms with Gasteiger partial charge < -0.3 is 16.4 Å². The average Bonchev–Trinajstić information content (AvgIpc) is 2.76. The Morgan fingerprint density at radius 1 is 1.39 bits per heavy atom. The van der Waals surface area contributed by atoms with Gasteiger partial charge in [0.1, 0.15) is 6.23 Å². The van der Waals surface area contributed by atoms with Crippen LogP contribution in [0.25, 0.3) is 0 Å². The number of hydrogen-bond acceptors (Lipinski definition) is 5. The van der Waals surface area contributed by atoms with E-state index in [4.69, 9.17) is 9.47 Å². The summed E-state index contributed by atoms with van der Waals surface area (Å²) in [5, 5.41) is 0. The summed E-state index contributed by atoms with van der Waals surface area (Å²) < 4.78 is 11.7. The molecule has 1 fully saturated rings. The number of nitrogens with one attached hydrogen (secondary N) is 1. The molecule has 0 amide bonds. The third-order valence-corrected chi connectivity index (χ3v) is 2.72. The van der Waals surface area contributed by atoms with Gasteiger partial charge in [-0.05, 0) is 6.92 Å². The van der Waals surface area contributed by atoms with Gasteiger partial charge in [-0.25, -0.2) is 4.79 Å². The molecule has 1 aliphatic rings. The Morgan fingerprint density at radius 3 is 2.48 bits per heavy atom. The number of aromatic nitrogens is 2. The Labute approximate surface area is 207 Å². The van der Waals surface area contributed by atoms with Crippen molar-refractivity contribution in [1.29, 1.82) is 0 Å². The molecule has 9 heteroatoms. The van der Waals surface area contributed by atoms with Gasteiger partial charge in [-0.2, -0.15) is 6.10 Å². The molecule has 1 aromatic heterocycles. The molecule has 23 heavy (non-hydrogen) atoms. The number of carbonyl (C=O) groups excluding carboxylic acids is 1. The standard InChI is InChI=1S/C12H14N2O5.C2H6.2Ac/c1-6-5-14(12(17)13-10(6)16)11-9(19-8(3)15)4-7(2)18-11;1-2;;/h4-5,7,9,11H,2H2,1,3H3,(H,13,16,17);1-2H3;;/q-2;;;. The van der Waals surface area contributed by atoms with E-state index in [2.05, 4.69) is 11.9 Å². The third-order valence-electron chi connectivity index (χ3n) is 2.72. The summed E-state index contributed by atoms with van der Waals surface area (Å²) in [5.41, 5.74) is -0.726. The molecule has 124 valence electrons. The zero-order valence-corrected chi connectivity index (χ0v) is 23.2. The topological polar surface area (TPSA) is 90.4 Å². The van der Waals surface area contributed by atoms with E-state index in [1.165, 1.54) is 17.7 Å². The maximum Gasteiger partial charge on any atom is 0.330 e. The van der Waals surface area contributed by atoms with Crippen molar-refractivity contribution in [3.8, 4) is 0 Å². The molecule has 0 bridgehead atoms.